The minimum absolute atomic E-state index is 0. The van der Waals surface area contributed by atoms with E-state index in [-0.39, 0.29) is 17.0 Å². The van der Waals surface area contributed by atoms with Gasteiger partial charge in [-0.2, -0.15) is 0 Å². The van der Waals surface area contributed by atoms with Crippen LogP contribution in [0.4, 0.5) is 0 Å². The molecule has 0 rings (SSSR count). The average Bonchev–Trinajstić information content (AvgIpc) is 2.93. The van der Waals surface area contributed by atoms with Gasteiger partial charge in [0.25, 0.3) is 0 Å². The Balaban J connectivity index is 0. The van der Waals surface area contributed by atoms with Crippen LogP contribution in [0, 0.1) is 11.8 Å². The van der Waals surface area contributed by atoms with Crippen molar-refractivity contribution in [2.24, 2.45) is 11.8 Å². The number of unbranched alkanes of at least 4 members (excludes halogenated alkanes) is 16. The summed E-state index contributed by atoms with van der Waals surface area (Å²) in [7, 11) is 4.95. The molecule has 0 atom stereocenters. The zero-order valence-corrected chi connectivity index (χ0v) is 30.8. The van der Waals surface area contributed by atoms with Crippen LogP contribution in [0.1, 0.15) is 207 Å². The van der Waals surface area contributed by atoms with Gasteiger partial charge in [0.15, 0.2) is 0 Å². The van der Waals surface area contributed by atoms with Crippen LogP contribution in [0.5, 0.6) is 0 Å². The highest BCUT2D eigenvalue weighted by Gasteiger charge is 2.14. The summed E-state index contributed by atoms with van der Waals surface area (Å²) in [5, 5.41) is 0. The molecule has 2 heteroatoms. The van der Waals surface area contributed by atoms with Gasteiger partial charge in [-0.1, -0.05) is 182 Å². The highest BCUT2D eigenvalue weighted by atomic mass is 79.9. The smallest absolute Gasteiger partial charge is 0.0782 e. The van der Waals surface area contributed by atoms with Crippen molar-refractivity contribution in [2.75, 3.05) is 27.2 Å². The van der Waals surface area contributed by atoms with Crippen molar-refractivity contribution >= 4 is 0 Å². The fourth-order valence-corrected chi connectivity index (χ4v) is 6.66. The second-order valence-electron chi connectivity index (χ2n) is 14.2. The van der Waals surface area contributed by atoms with E-state index in [4.69, 9.17) is 0 Å². The van der Waals surface area contributed by atoms with Gasteiger partial charge < -0.3 is 21.5 Å². The monoisotopic (exact) mass is 630 g/mol. The Hall–Kier alpha value is 0.440. The summed E-state index contributed by atoms with van der Waals surface area (Å²) in [5.41, 5.74) is 0. The number of rotatable bonds is 32. The number of quaternary nitrogens is 1. The summed E-state index contributed by atoms with van der Waals surface area (Å²) < 4.78 is 1.24. The van der Waals surface area contributed by atoms with Crippen LogP contribution in [0.3, 0.4) is 0 Å². The molecule has 1 nitrogen and oxygen atoms in total. The zero-order valence-electron chi connectivity index (χ0n) is 29.2. The first-order valence-electron chi connectivity index (χ1n) is 18.8. The van der Waals surface area contributed by atoms with Gasteiger partial charge in [-0.15, -0.1) is 0 Å². The topological polar surface area (TPSA) is 0 Å². The quantitative estimate of drug-likeness (QED) is 0.0513. The van der Waals surface area contributed by atoms with Gasteiger partial charge in [-0.25, -0.2) is 0 Å². The molecule has 244 valence electrons. The molecule has 0 unspecified atom stereocenters. The molecule has 0 N–H and O–H groups in total. The number of hydrogen-bond acceptors (Lipinski definition) is 0. The lowest BCUT2D eigenvalue weighted by molar-refractivity contribution is -0.890. The van der Waals surface area contributed by atoms with Crippen molar-refractivity contribution in [1.29, 1.82) is 0 Å². The van der Waals surface area contributed by atoms with Gasteiger partial charge in [-0.05, 0) is 37.5 Å². The third-order valence-corrected chi connectivity index (χ3v) is 9.62. The van der Waals surface area contributed by atoms with E-state index in [1.165, 1.54) is 197 Å². The lowest BCUT2D eigenvalue weighted by atomic mass is 9.90. The maximum atomic E-state index is 2.47. The van der Waals surface area contributed by atoms with E-state index in [1.807, 2.05) is 0 Å². The molecule has 40 heavy (non-hydrogen) atoms. The van der Waals surface area contributed by atoms with E-state index >= 15 is 0 Å². The van der Waals surface area contributed by atoms with E-state index in [2.05, 4.69) is 41.8 Å². The van der Waals surface area contributed by atoms with Gasteiger partial charge in [0.2, 0.25) is 0 Å². The van der Waals surface area contributed by atoms with E-state index in [1.54, 1.807) is 0 Å². The largest absolute Gasteiger partial charge is 1.00 e. The number of nitrogens with zero attached hydrogens (tertiary/aromatic N) is 1. The zero-order chi connectivity index (χ0) is 28.9. The van der Waals surface area contributed by atoms with Crippen LogP contribution in [-0.4, -0.2) is 31.7 Å². The minimum atomic E-state index is 0. The summed E-state index contributed by atoms with van der Waals surface area (Å²) in [6, 6.07) is 0. The second kappa shape index (κ2) is 32.4. The van der Waals surface area contributed by atoms with Crippen LogP contribution in [-0.2, 0) is 0 Å². The van der Waals surface area contributed by atoms with Crippen molar-refractivity contribution in [3.05, 3.63) is 0 Å². The summed E-state index contributed by atoms with van der Waals surface area (Å²) >= 11 is 0. The molecule has 0 radical (unpaired) electrons. The summed E-state index contributed by atoms with van der Waals surface area (Å²) in [6.07, 6.45) is 40.8. The molecular weight excluding hydrogens is 550 g/mol. The molecular formula is C38H80BrN. The Morgan fingerprint density at radius 3 is 0.825 bits per heavy atom. The molecule has 0 aliphatic carbocycles. The highest BCUT2D eigenvalue weighted by Crippen LogP contribution is 2.24. The first-order valence-corrected chi connectivity index (χ1v) is 18.8. The van der Waals surface area contributed by atoms with Crippen LogP contribution < -0.4 is 17.0 Å². The molecule has 0 saturated carbocycles. The lowest BCUT2D eigenvalue weighted by Gasteiger charge is -2.30. The Kier molecular flexibility index (Phi) is 34.4. The molecule has 0 bridgehead atoms. The summed E-state index contributed by atoms with van der Waals surface area (Å²) in [6.45, 7) is 12.1. The SMILES string of the molecule is CCCCC(CCCC)CCCCCCCCC[N+](C)(C)CCCCCCCCCC(CCCC)CCCC.[Br-]. The normalized spacial score (nSPS) is 12.0. The van der Waals surface area contributed by atoms with Gasteiger partial charge in [0.05, 0.1) is 27.2 Å². The molecule has 0 fully saturated rings. The molecule has 0 saturated heterocycles. The second-order valence-corrected chi connectivity index (χ2v) is 14.2. The molecule has 0 aromatic carbocycles. The minimum Gasteiger partial charge on any atom is -1.00 e. The van der Waals surface area contributed by atoms with Crippen molar-refractivity contribution < 1.29 is 21.5 Å². The van der Waals surface area contributed by atoms with Gasteiger partial charge in [0, 0.05) is 0 Å². The van der Waals surface area contributed by atoms with Crippen molar-refractivity contribution in [3.63, 3.8) is 0 Å². The van der Waals surface area contributed by atoms with Gasteiger partial charge >= 0.3 is 0 Å². The summed E-state index contributed by atoms with van der Waals surface area (Å²) in [4.78, 5) is 0. The van der Waals surface area contributed by atoms with Crippen molar-refractivity contribution in [3.8, 4) is 0 Å². The molecule has 0 amide bonds. The molecule has 0 spiro atoms. The summed E-state index contributed by atoms with van der Waals surface area (Å²) in [5.74, 6) is 2.05. The Morgan fingerprint density at radius 2 is 0.550 bits per heavy atom. The molecule has 0 aliphatic rings. The van der Waals surface area contributed by atoms with E-state index in [0.29, 0.717) is 0 Å². The maximum Gasteiger partial charge on any atom is 0.0782 e. The number of hydrogen-bond donors (Lipinski definition) is 0. The first kappa shape index (κ1) is 42.6. The predicted molar refractivity (Wildman–Crippen MR) is 181 cm³/mol. The van der Waals surface area contributed by atoms with E-state index in [9.17, 15) is 0 Å². The Bertz CT molecular complexity index is 406. The lowest BCUT2D eigenvalue weighted by Crippen LogP contribution is -3.00. The van der Waals surface area contributed by atoms with Crippen LogP contribution in [0.25, 0.3) is 0 Å². The third kappa shape index (κ3) is 29.9. The van der Waals surface area contributed by atoms with Crippen LogP contribution in [0.15, 0.2) is 0 Å². The van der Waals surface area contributed by atoms with Crippen LogP contribution in [0.2, 0.25) is 0 Å². The molecule has 0 aliphatic heterocycles. The van der Waals surface area contributed by atoms with E-state index in [0.717, 1.165) is 11.8 Å². The fourth-order valence-electron chi connectivity index (χ4n) is 6.66. The van der Waals surface area contributed by atoms with E-state index < -0.39 is 0 Å². The standard InChI is InChI=1S/C38H80N.BrH/c1-7-11-29-37(30-12-8-2)33-25-21-17-15-19-23-27-35-39(5,6)36-28-24-20-16-18-22-26-34-38(31-13-9-3)32-14-10-4;/h37-38H,7-36H2,1-6H3;1H/q+1;/p-1. The van der Waals surface area contributed by atoms with Gasteiger partial charge in [-0.3, -0.25) is 0 Å². The molecule has 0 aromatic heterocycles. The Labute approximate surface area is 267 Å². The predicted octanol–water partition coefficient (Wildman–Crippen LogP) is 10.3. The van der Waals surface area contributed by atoms with Crippen molar-refractivity contribution in [2.45, 2.75) is 207 Å². The number of halogens is 1. The first-order chi connectivity index (χ1) is 19.0. The molecule has 0 aromatic rings. The van der Waals surface area contributed by atoms with Gasteiger partial charge in [0.1, 0.15) is 0 Å². The fraction of sp³-hybridized carbons (Fsp3) is 1.00. The maximum absolute atomic E-state index is 2.47. The molecule has 0 heterocycles. The average molecular weight is 631 g/mol. The van der Waals surface area contributed by atoms with Crippen molar-refractivity contribution in [1.82, 2.24) is 0 Å². The third-order valence-electron chi connectivity index (χ3n) is 9.62. The Morgan fingerprint density at radius 1 is 0.325 bits per heavy atom. The van der Waals surface area contributed by atoms with Crippen LogP contribution >= 0.6 is 0 Å². The highest BCUT2D eigenvalue weighted by molar-refractivity contribution is 4.62.